The van der Waals surface area contributed by atoms with Crippen LogP contribution in [0.25, 0.3) is 11.0 Å². The zero-order chi connectivity index (χ0) is 13.9. The van der Waals surface area contributed by atoms with Gasteiger partial charge in [-0.25, -0.2) is 4.98 Å². The Morgan fingerprint density at radius 2 is 2.25 bits per heavy atom. The number of nitrogens with two attached hydrogens (primary N) is 1. The highest BCUT2D eigenvalue weighted by Gasteiger charge is 2.03. The lowest BCUT2D eigenvalue weighted by Crippen LogP contribution is -2.00. The van der Waals surface area contributed by atoms with Crippen LogP contribution in [-0.2, 0) is 6.54 Å². The fourth-order valence-corrected chi connectivity index (χ4v) is 2.88. The third kappa shape index (κ3) is 2.96. The van der Waals surface area contributed by atoms with E-state index in [0.717, 1.165) is 34.9 Å². The van der Waals surface area contributed by atoms with Crippen LogP contribution in [0.1, 0.15) is 12.0 Å². The van der Waals surface area contributed by atoms with E-state index in [2.05, 4.69) is 40.2 Å². The molecule has 3 aromatic rings. The monoisotopic (exact) mass is 287 g/mol. The predicted molar refractivity (Wildman–Crippen MR) is 82.8 cm³/mol. The maximum atomic E-state index is 5.58. The Hall–Kier alpha value is -1.95. The number of anilines is 1. The first-order chi connectivity index (χ1) is 9.70. The van der Waals surface area contributed by atoms with Crippen LogP contribution in [0.2, 0.25) is 0 Å². The number of aromatic nitrogens is 4. The number of hydrogen-bond acceptors (Lipinski definition) is 4. The van der Waals surface area contributed by atoms with Gasteiger partial charge in [-0.05, 0) is 37.1 Å². The second kappa shape index (κ2) is 5.58. The zero-order valence-electron chi connectivity index (χ0n) is 11.3. The second-order valence-corrected chi connectivity index (χ2v) is 5.85. The molecule has 2 heterocycles. The van der Waals surface area contributed by atoms with E-state index in [9.17, 15) is 0 Å². The Morgan fingerprint density at radius 1 is 1.35 bits per heavy atom. The third-order valence-electron chi connectivity index (χ3n) is 3.05. The molecular weight excluding hydrogens is 270 g/mol. The van der Waals surface area contributed by atoms with Crippen molar-refractivity contribution >= 4 is 28.6 Å². The van der Waals surface area contributed by atoms with Gasteiger partial charge in [0.1, 0.15) is 5.82 Å². The first-order valence-corrected chi connectivity index (χ1v) is 7.57. The van der Waals surface area contributed by atoms with Gasteiger partial charge in [-0.3, -0.25) is 4.68 Å². The number of hydrogen-bond donors (Lipinski definition) is 2. The van der Waals surface area contributed by atoms with Crippen molar-refractivity contribution in [3.05, 3.63) is 36.0 Å². The zero-order valence-corrected chi connectivity index (χ0v) is 12.2. The molecule has 3 rings (SSSR count). The van der Waals surface area contributed by atoms with E-state index in [1.165, 1.54) is 5.56 Å². The predicted octanol–water partition coefficient (Wildman–Crippen LogP) is 2.83. The molecule has 0 radical (unpaired) electrons. The smallest absolute Gasteiger partial charge is 0.166 e. The normalized spacial score (nSPS) is 11.2. The number of fused-ring (bicyclic) bond motifs is 1. The standard InChI is InChI=1S/C14H17N5S/c1-10-3-4-11-12(9-10)17-14(16-11)20-8-2-6-19-7-5-13(15)18-19/h3-5,7,9H,2,6,8H2,1H3,(H2,15,18)(H,16,17). The molecule has 6 heteroatoms. The van der Waals surface area contributed by atoms with Gasteiger partial charge in [-0.2, -0.15) is 5.10 Å². The third-order valence-corrected chi connectivity index (χ3v) is 4.01. The van der Waals surface area contributed by atoms with E-state index >= 15 is 0 Å². The molecule has 0 spiro atoms. The van der Waals surface area contributed by atoms with Gasteiger partial charge in [0.2, 0.25) is 0 Å². The molecule has 0 fully saturated rings. The summed E-state index contributed by atoms with van der Waals surface area (Å²) in [5, 5.41) is 5.14. The Labute approximate surface area is 121 Å². The first kappa shape index (κ1) is 13.1. The Balaban J connectivity index is 1.54. The molecule has 0 saturated carbocycles. The van der Waals surface area contributed by atoms with Crippen molar-refractivity contribution in [2.24, 2.45) is 0 Å². The molecule has 1 aromatic carbocycles. The van der Waals surface area contributed by atoms with Crippen LogP contribution >= 0.6 is 11.8 Å². The maximum Gasteiger partial charge on any atom is 0.166 e. The molecular formula is C14H17N5S. The van der Waals surface area contributed by atoms with Crippen LogP contribution < -0.4 is 5.73 Å². The molecule has 20 heavy (non-hydrogen) atoms. The summed E-state index contributed by atoms with van der Waals surface area (Å²) in [5.74, 6) is 1.57. The lowest BCUT2D eigenvalue weighted by atomic mass is 10.2. The van der Waals surface area contributed by atoms with Crippen molar-refractivity contribution in [2.75, 3.05) is 11.5 Å². The molecule has 5 nitrogen and oxygen atoms in total. The molecule has 0 aliphatic rings. The lowest BCUT2D eigenvalue weighted by molar-refractivity contribution is 0.608. The molecule has 0 atom stereocenters. The number of thioether (sulfide) groups is 1. The molecule has 0 aliphatic heterocycles. The highest BCUT2D eigenvalue weighted by molar-refractivity contribution is 7.99. The molecule has 2 aromatic heterocycles. The lowest BCUT2D eigenvalue weighted by Gasteiger charge is -2.00. The van der Waals surface area contributed by atoms with Crippen LogP contribution in [0.3, 0.4) is 0 Å². The molecule has 0 saturated heterocycles. The summed E-state index contributed by atoms with van der Waals surface area (Å²) in [6.45, 7) is 2.96. The van der Waals surface area contributed by atoms with Crippen molar-refractivity contribution in [1.82, 2.24) is 19.7 Å². The van der Waals surface area contributed by atoms with Gasteiger partial charge >= 0.3 is 0 Å². The van der Waals surface area contributed by atoms with E-state index in [1.807, 2.05) is 16.9 Å². The Morgan fingerprint density at radius 3 is 3.05 bits per heavy atom. The van der Waals surface area contributed by atoms with E-state index in [0.29, 0.717) is 5.82 Å². The number of rotatable bonds is 5. The van der Waals surface area contributed by atoms with Crippen molar-refractivity contribution < 1.29 is 0 Å². The largest absolute Gasteiger partial charge is 0.382 e. The number of nitrogens with one attached hydrogen (secondary N) is 1. The maximum absolute atomic E-state index is 5.58. The number of nitrogens with zero attached hydrogens (tertiary/aromatic N) is 3. The summed E-state index contributed by atoms with van der Waals surface area (Å²) in [4.78, 5) is 7.92. The van der Waals surface area contributed by atoms with Crippen LogP contribution in [0.4, 0.5) is 5.82 Å². The number of imidazole rings is 1. The molecule has 0 bridgehead atoms. The van der Waals surface area contributed by atoms with Crippen LogP contribution in [0, 0.1) is 6.92 Å². The fourth-order valence-electron chi connectivity index (χ4n) is 2.07. The fraction of sp³-hybridized carbons (Fsp3) is 0.286. The van der Waals surface area contributed by atoms with Crippen LogP contribution in [0.15, 0.2) is 35.6 Å². The van der Waals surface area contributed by atoms with Gasteiger partial charge in [0.15, 0.2) is 5.16 Å². The first-order valence-electron chi connectivity index (χ1n) is 6.59. The van der Waals surface area contributed by atoms with Gasteiger partial charge in [-0.1, -0.05) is 17.8 Å². The minimum Gasteiger partial charge on any atom is -0.382 e. The topological polar surface area (TPSA) is 72.5 Å². The molecule has 0 amide bonds. The molecule has 3 N–H and O–H groups in total. The number of aromatic amines is 1. The SMILES string of the molecule is Cc1ccc2nc(SCCCn3ccc(N)n3)[nH]c2c1. The Kier molecular flexibility index (Phi) is 3.64. The van der Waals surface area contributed by atoms with Gasteiger partial charge < -0.3 is 10.7 Å². The summed E-state index contributed by atoms with van der Waals surface area (Å²) in [6, 6.07) is 8.07. The van der Waals surface area contributed by atoms with Crippen LogP contribution in [0.5, 0.6) is 0 Å². The van der Waals surface area contributed by atoms with Gasteiger partial charge in [0, 0.05) is 18.5 Å². The average molecular weight is 287 g/mol. The number of aryl methyl sites for hydroxylation is 2. The number of H-pyrrole nitrogens is 1. The van der Waals surface area contributed by atoms with Gasteiger partial charge in [0.25, 0.3) is 0 Å². The summed E-state index contributed by atoms with van der Waals surface area (Å²) < 4.78 is 1.87. The molecule has 104 valence electrons. The summed E-state index contributed by atoms with van der Waals surface area (Å²) in [5.41, 5.74) is 8.95. The van der Waals surface area contributed by atoms with Crippen LogP contribution in [-0.4, -0.2) is 25.5 Å². The van der Waals surface area contributed by atoms with Crippen molar-refractivity contribution in [3.8, 4) is 0 Å². The van der Waals surface area contributed by atoms with Crippen molar-refractivity contribution in [1.29, 1.82) is 0 Å². The second-order valence-electron chi connectivity index (χ2n) is 4.77. The quantitative estimate of drug-likeness (QED) is 0.559. The minimum atomic E-state index is 0.574. The summed E-state index contributed by atoms with van der Waals surface area (Å²) in [6.07, 6.45) is 2.94. The van der Waals surface area contributed by atoms with E-state index in [-0.39, 0.29) is 0 Å². The van der Waals surface area contributed by atoms with E-state index in [4.69, 9.17) is 5.73 Å². The average Bonchev–Trinajstić information content (AvgIpc) is 3.00. The van der Waals surface area contributed by atoms with E-state index < -0.39 is 0 Å². The molecule has 0 unspecified atom stereocenters. The Bertz CT molecular complexity index is 715. The number of nitrogen functional groups attached to an aromatic ring is 1. The van der Waals surface area contributed by atoms with Crippen molar-refractivity contribution in [3.63, 3.8) is 0 Å². The van der Waals surface area contributed by atoms with E-state index in [1.54, 1.807) is 11.8 Å². The van der Waals surface area contributed by atoms with Gasteiger partial charge in [-0.15, -0.1) is 0 Å². The van der Waals surface area contributed by atoms with Crippen molar-refractivity contribution in [2.45, 2.75) is 25.0 Å². The van der Waals surface area contributed by atoms with Gasteiger partial charge in [0.05, 0.1) is 11.0 Å². The highest BCUT2D eigenvalue weighted by atomic mass is 32.2. The number of benzene rings is 1. The summed E-state index contributed by atoms with van der Waals surface area (Å²) in [7, 11) is 0. The molecule has 0 aliphatic carbocycles. The summed E-state index contributed by atoms with van der Waals surface area (Å²) >= 11 is 1.74. The highest BCUT2D eigenvalue weighted by Crippen LogP contribution is 2.20. The minimum absolute atomic E-state index is 0.574.